The summed E-state index contributed by atoms with van der Waals surface area (Å²) in [5.74, 6) is -0.425. The van der Waals surface area contributed by atoms with Gasteiger partial charge in [0.15, 0.2) is 0 Å². The fourth-order valence-corrected chi connectivity index (χ4v) is 2.48. The SMILES string of the molecule is Fc1cccc(Cl)c1-n1cc(-c2ccccc2Cl)cn1. The summed E-state index contributed by atoms with van der Waals surface area (Å²) < 4.78 is 15.3. The zero-order valence-electron chi connectivity index (χ0n) is 10.2. The van der Waals surface area contributed by atoms with E-state index in [4.69, 9.17) is 23.2 Å². The van der Waals surface area contributed by atoms with Gasteiger partial charge in [0.2, 0.25) is 0 Å². The number of halogens is 3. The van der Waals surface area contributed by atoms with E-state index in [1.165, 1.54) is 10.7 Å². The van der Waals surface area contributed by atoms with Crippen molar-refractivity contribution in [2.45, 2.75) is 0 Å². The molecule has 0 fully saturated rings. The van der Waals surface area contributed by atoms with Crippen molar-refractivity contribution >= 4 is 23.2 Å². The molecule has 0 aliphatic heterocycles. The Hall–Kier alpha value is -1.84. The molecule has 2 nitrogen and oxygen atoms in total. The lowest BCUT2D eigenvalue weighted by Gasteiger charge is -2.05. The fraction of sp³-hybridized carbons (Fsp3) is 0. The molecule has 0 spiro atoms. The Kier molecular flexibility index (Phi) is 3.47. The van der Waals surface area contributed by atoms with Crippen LogP contribution in [0.3, 0.4) is 0 Å². The summed E-state index contributed by atoms with van der Waals surface area (Å²) in [5.41, 5.74) is 1.87. The van der Waals surface area contributed by atoms with Crippen LogP contribution in [0.1, 0.15) is 0 Å². The van der Waals surface area contributed by atoms with Crippen LogP contribution >= 0.6 is 23.2 Å². The second kappa shape index (κ2) is 5.27. The van der Waals surface area contributed by atoms with E-state index < -0.39 is 5.82 Å². The van der Waals surface area contributed by atoms with Gasteiger partial charge in [-0.15, -0.1) is 0 Å². The minimum atomic E-state index is -0.425. The van der Waals surface area contributed by atoms with E-state index in [2.05, 4.69) is 5.10 Å². The van der Waals surface area contributed by atoms with E-state index in [-0.39, 0.29) is 5.69 Å². The molecule has 0 atom stereocenters. The van der Waals surface area contributed by atoms with E-state index in [0.29, 0.717) is 10.0 Å². The van der Waals surface area contributed by atoms with Gasteiger partial charge in [0.1, 0.15) is 11.5 Å². The lowest BCUT2D eigenvalue weighted by molar-refractivity contribution is 0.611. The number of nitrogens with zero attached hydrogens (tertiary/aromatic N) is 2. The summed E-state index contributed by atoms with van der Waals surface area (Å²) in [6.07, 6.45) is 3.33. The molecule has 20 heavy (non-hydrogen) atoms. The van der Waals surface area contributed by atoms with E-state index in [9.17, 15) is 4.39 Å². The van der Waals surface area contributed by atoms with E-state index in [1.807, 2.05) is 18.2 Å². The Labute approximate surface area is 125 Å². The maximum Gasteiger partial charge on any atom is 0.150 e. The van der Waals surface area contributed by atoms with Crippen molar-refractivity contribution in [2.75, 3.05) is 0 Å². The van der Waals surface area contributed by atoms with Gasteiger partial charge in [-0.1, -0.05) is 47.5 Å². The van der Waals surface area contributed by atoms with Crippen LogP contribution < -0.4 is 0 Å². The van der Waals surface area contributed by atoms with Crippen LogP contribution in [-0.4, -0.2) is 9.78 Å². The van der Waals surface area contributed by atoms with Crippen LogP contribution in [0, 0.1) is 5.82 Å². The molecule has 0 saturated carbocycles. The summed E-state index contributed by atoms with van der Waals surface area (Å²) in [4.78, 5) is 0. The molecule has 0 unspecified atom stereocenters. The standard InChI is InChI=1S/C15H9Cl2FN2/c16-12-5-2-1-4-11(12)10-8-19-20(9-10)15-13(17)6-3-7-14(15)18/h1-9H. The molecule has 3 aromatic rings. The van der Waals surface area contributed by atoms with Gasteiger partial charge in [-0.3, -0.25) is 0 Å². The smallest absolute Gasteiger partial charge is 0.150 e. The van der Waals surface area contributed by atoms with Crippen molar-refractivity contribution in [3.8, 4) is 16.8 Å². The third-order valence-electron chi connectivity index (χ3n) is 2.93. The number of benzene rings is 2. The van der Waals surface area contributed by atoms with E-state index in [0.717, 1.165) is 11.1 Å². The van der Waals surface area contributed by atoms with Crippen LogP contribution in [0.25, 0.3) is 16.8 Å². The molecule has 2 aromatic carbocycles. The molecule has 0 aliphatic carbocycles. The van der Waals surface area contributed by atoms with Crippen LogP contribution in [0.15, 0.2) is 54.9 Å². The molecular weight excluding hydrogens is 298 g/mol. The molecule has 0 N–H and O–H groups in total. The zero-order chi connectivity index (χ0) is 14.1. The van der Waals surface area contributed by atoms with E-state index >= 15 is 0 Å². The predicted molar refractivity (Wildman–Crippen MR) is 79.0 cm³/mol. The van der Waals surface area contributed by atoms with Crippen LogP contribution in [-0.2, 0) is 0 Å². The minimum Gasteiger partial charge on any atom is -0.236 e. The molecule has 0 bridgehead atoms. The molecule has 0 radical (unpaired) electrons. The average Bonchev–Trinajstić information content (AvgIpc) is 2.88. The van der Waals surface area contributed by atoms with Crippen molar-refractivity contribution in [2.24, 2.45) is 0 Å². The Morgan fingerprint density at radius 2 is 1.70 bits per heavy atom. The Morgan fingerprint density at radius 3 is 2.45 bits per heavy atom. The minimum absolute atomic E-state index is 0.229. The van der Waals surface area contributed by atoms with Gasteiger partial charge in [0.25, 0.3) is 0 Å². The molecule has 0 amide bonds. The second-order valence-corrected chi connectivity index (χ2v) is 5.04. The first-order chi connectivity index (χ1) is 9.66. The first-order valence-corrected chi connectivity index (χ1v) is 6.66. The predicted octanol–water partition coefficient (Wildman–Crippen LogP) is 4.99. The Bertz CT molecular complexity index is 748. The van der Waals surface area contributed by atoms with Crippen LogP contribution in [0.4, 0.5) is 4.39 Å². The number of hydrogen-bond acceptors (Lipinski definition) is 1. The van der Waals surface area contributed by atoms with Crippen LogP contribution in [0.2, 0.25) is 10.0 Å². The molecule has 1 aromatic heterocycles. The van der Waals surface area contributed by atoms with Crippen molar-refractivity contribution in [3.63, 3.8) is 0 Å². The second-order valence-electron chi connectivity index (χ2n) is 4.22. The zero-order valence-corrected chi connectivity index (χ0v) is 11.7. The van der Waals surface area contributed by atoms with Gasteiger partial charge >= 0.3 is 0 Å². The number of aromatic nitrogens is 2. The molecule has 5 heteroatoms. The van der Waals surface area contributed by atoms with Gasteiger partial charge in [0, 0.05) is 22.3 Å². The van der Waals surface area contributed by atoms with Crippen molar-refractivity contribution in [1.82, 2.24) is 9.78 Å². The first-order valence-electron chi connectivity index (χ1n) is 5.91. The van der Waals surface area contributed by atoms with Crippen LogP contribution in [0.5, 0.6) is 0 Å². The highest BCUT2D eigenvalue weighted by Crippen LogP contribution is 2.29. The molecule has 1 heterocycles. The first kappa shape index (κ1) is 13.2. The summed E-state index contributed by atoms with van der Waals surface area (Å²) in [5, 5.41) is 5.08. The third-order valence-corrected chi connectivity index (χ3v) is 3.57. The van der Waals surface area contributed by atoms with Crippen molar-refractivity contribution in [3.05, 3.63) is 70.7 Å². The lowest BCUT2D eigenvalue weighted by Crippen LogP contribution is -1.98. The summed E-state index contributed by atoms with van der Waals surface area (Å²) in [6.45, 7) is 0. The van der Waals surface area contributed by atoms with Crippen molar-refractivity contribution in [1.29, 1.82) is 0 Å². The summed E-state index contributed by atoms with van der Waals surface area (Å²) in [6, 6.07) is 11.9. The molecule has 100 valence electrons. The fourth-order valence-electron chi connectivity index (χ4n) is 1.99. The number of hydrogen-bond donors (Lipinski definition) is 0. The lowest BCUT2D eigenvalue weighted by atomic mass is 10.1. The average molecular weight is 307 g/mol. The molecule has 0 aliphatic rings. The summed E-state index contributed by atoms with van der Waals surface area (Å²) in [7, 11) is 0. The monoisotopic (exact) mass is 306 g/mol. The largest absolute Gasteiger partial charge is 0.236 e. The molecule has 0 saturated heterocycles. The highest BCUT2D eigenvalue weighted by atomic mass is 35.5. The maximum atomic E-state index is 13.9. The van der Waals surface area contributed by atoms with Gasteiger partial charge in [0.05, 0.1) is 11.2 Å². The molecule has 3 rings (SSSR count). The summed E-state index contributed by atoms with van der Waals surface area (Å²) >= 11 is 12.2. The van der Waals surface area contributed by atoms with Gasteiger partial charge < -0.3 is 0 Å². The Balaban J connectivity index is 2.10. The van der Waals surface area contributed by atoms with Gasteiger partial charge in [-0.05, 0) is 18.2 Å². The quantitative estimate of drug-likeness (QED) is 0.652. The highest BCUT2D eigenvalue weighted by molar-refractivity contribution is 6.33. The number of rotatable bonds is 2. The van der Waals surface area contributed by atoms with Gasteiger partial charge in [-0.25, -0.2) is 9.07 Å². The normalized spacial score (nSPS) is 10.8. The highest BCUT2D eigenvalue weighted by Gasteiger charge is 2.12. The Morgan fingerprint density at radius 1 is 0.950 bits per heavy atom. The topological polar surface area (TPSA) is 17.8 Å². The third kappa shape index (κ3) is 2.30. The number of para-hydroxylation sites is 1. The van der Waals surface area contributed by atoms with E-state index in [1.54, 1.807) is 30.6 Å². The maximum absolute atomic E-state index is 13.9. The van der Waals surface area contributed by atoms with Gasteiger partial charge in [-0.2, -0.15) is 5.10 Å². The molecular formula is C15H9Cl2FN2. The van der Waals surface area contributed by atoms with Crippen molar-refractivity contribution < 1.29 is 4.39 Å².